The summed E-state index contributed by atoms with van der Waals surface area (Å²) in [6.07, 6.45) is 8.20. The second-order valence-electron chi connectivity index (χ2n) is 9.45. The third-order valence-electron chi connectivity index (χ3n) is 7.44. The molecule has 1 saturated carbocycles. The van der Waals surface area contributed by atoms with Crippen LogP contribution in [0.2, 0.25) is 0 Å². The number of hydrogen-bond donors (Lipinski definition) is 4. The van der Waals surface area contributed by atoms with Crippen LogP contribution in [0.25, 0.3) is 0 Å². The Morgan fingerprint density at radius 2 is 2.00 bits per heavy atom. The van der Waals surface area contributed by atoms with Crippen molar-refractivity contribution in [1.82, 2.24) is 31.1 Å². The van der Waals surface area contributed by atoms with Crippen molar-refractivity contribution in [2.24, 2.45) is 5.92 Å². The Bertz CT molecular complexity index is 508. The number of likely N-dealkylation sites (tertiary alicyclic amines) is 1. The van der Waals surface area contributed by atoms with E-state index >= 15 is 0 Å². The average molecular weight is 411 g/mol. The fourth-order valence-corrected chi connectivity index (χ4v) is 5.23. The average Bonchev–Trinajstić information content (AvgIpc) is 3.15. The van der Waals surface area contributed by atoms with Crippen LogP contribution in [0.4, 0.5) is 0 Å². The fraction of sp³-hybridized carbons (Fsp3) is 1.00. The number of nitrogens with zero attached hydrogens (tertiary/aromatic N) is 2. The molecule has 0 aromatic rings. The van der Waals surface area contributed by atoms with Crippen molar-refractivity contribution < 1.29 is 9.47 Å². The van der Waals surface area contributed by atoms with Crippen molar-refractivity contribution in [1.29, 1.82) is 0 Å². The summed E-state index contributed by atoms with van der Waals surface area (Å²) in [4.78, 5) is 5.04. The molecule has 3 heterocycles. The smallest absolute Gasteiger partial charge is 0.134 e. The molecule has 5 unspecified atom stereocenters. The topological polar surface area (TPSA) is 73.1 Å². The van der Waals surface area contributed by atoms with Crippen LogP contribution in [0.1, 0.15) is 38.5 Å². The van der Waals surface area contributed by atoms with Crippen LogP contribution in [0.5, 0.6) is 0 Å². The normalized spacial score (nSPS) is 40.2. The van der Waals surface area contributed by atoms with Crippen LogP contribution in [0.3, 0.4) is 0 Å². The van der Waals surface area contributed by atoms with E-state index in [1.54, 1.807) is 7.11 Å². The summed E-state index contributed by atoms with van der Waals surface area (Å²) in [5.41, 5.74) is 0. The Labute approximate surface area is 176 Å². The first kappa shape index (κ1) is 21.9. The molecule has 0 bridgehead atoms. The maximum Gasteiger partial charge on any atom is 0.134 e. The predicted molar refractivity (Wildman–Crippen MR) is 114 cm³/mol. The Kier molecular flexibility index (Phi) is 7.80. The minimum absolute atomic E-state index is 0.0145. The highest BCUT2D eigenvalue weighted by Crippen LogP contribution is 2.30. The highest BCUT2D eigenvalue weighted by molar-refractivity contribution is 4.90. The SMILES string of the molecule is CNC1CCN(C)C(NC2CNC(OC)C(OC[C@@H]3CCN(C4CCC4)C3)C2)N1. The van der Waals surface area contributed by atoms with Crippen LogP contribution >= 0.6 is 0 Å². The maximum absolute atomic E-state index is 6.44. The Hall–Kier alpha value is -0.320. The van der Waals surface area contributed by atoms with Crippen molar-refractivity contribution in [2.45, 2.75) is 75.4 Å². The van der Waals surface area contributed by atoms with Gasteiger partial charge < -0.3 is 19.7 Å². The Balaban J connectivity index is 1.24. The van der Waals surface area contributed by atoms with E-state index in [0.717, 1.165) is 38.6 Å². The lowest BCUT2D eigenvalue weighted by Gasteiger charge is -2.43. The monoisotopic (exact) mass is 410 g/mol. The van der Waals surface area contributed by atoms with E-state index in [1.807, 2.05) is 7.05 Å². The minimum atomic E-state index is -0.0145. The minimum Gasteiger partial charge on any atom is -0.374 e. The molecule has 168 valence electrons. The van der Waals surface area contributed by atoms with Gasteiger partial charge in [0.25, 0.3) is 0 Å². The summed E-state index contributed by atoms with van der Waals surface area (Å²) in [7, 11) is 5.97. The first-order valence-corrected chi connectivity index (χ1v) is 11.7. The molecule has 4 fully saturated rings. The molecule has 29 heavy (non-hydrogen) atoms. The molecule has 0 spiro atoms. The summed E-state index contributed by atoms with van der Waals surface area (Å²) in [5, 5.41) is 14.3. The second kappa shape index (κ2) is 10.3. The van der Waals surface area contributed by atoms with Gasteiger partial charge in [-0.05, 0) is 58.7 Å². The number of methoxy groups -OCH3 is 1. The van der Waals surface area contributed by atoms with Crippen molar-refractivity contribution in [3.8, 4) is 0 Å². The third-order valence-corrected chi connectivity index (χ3v) is 7.44. The third kappa shape index (κ3) is 5.49. The molecular formula is C21H42N6O2. The molecule has 8 nitrogen and oxygen atoms in total. The van der Waals surface area contributed by atoms with E-state index in [-0.39, 0.29) is 18.6 Å². The fourth-order valence-electron chi connectivity index (χ4n) is 5.23. The number of rotatable bonds is 8. The lowest BCUT2D eigenvalue weighted by Crippen LogP contribution is -2.68. The molecule has 4 N–H and O–H groups in total. The quantitative estimate of drug-likeness (QED) is 0.443. The Morgan fingerprint density at radius 3 is 2.72 bits per heavy atom. The van der Waals surface area contributed by atoms with E-state index in [4.69, 9.17) is 9.47 Å². The van der Waals surface area contributed by atoms with Gasteiger partial charge in [0.2, 0.25) is 0 Å². The summed E-state index contributed by atoms with van der Waals surface area (Å²) >= 11 is 0. The molecule has 4 aliphatic rings. The standard InChI is InChI=1S/C21H42N6O2/c1-22-19-8-9-26(2)21(25-19)24-16-11-18(20(28-3)23-12-16)29-14-15-7-10-27(13-15)17-5-4-6-17/h15-25H,4-14H2,1-3H3/t15-,16?,18?,19?,20?,21?/m1/s1. The van der Waals surface area contributed by atoms with Gasteiger partial charge in [0, 0.05) is 38.8 Å². The lowest BCUT2D eigenvalue weighted by molar-refractivity contribution is -0.102. The zero-order valence-corrected chi connectivity index (χ0v) is 18.5. The second-order valence-corrected chi connectivity index (χ2v) is 9.45. The van der Waals surface area contributed by atoms with Crippen molar-refractivity contribution in [2.75, 3.05) is 54.0 Å². The van der Waals surface area contributed by atoms with Gasteiger partial charge in [-0.25, -0.2) is 0 Å². The van der Waals surface area contributed by atoms with Gasteiger partial charge in [0.15, 0.2) is 0 Å². The summed E-state index contributed by atoms with van der Waals surface area (Å²) in [6, 6.07) is 1.22. The molecule has 0 aromatic carbocycles. The molecule has 6 atom stereocenters. The molecule has 0 amide bonds. The van der Waals surface area contributed by atoms with Gasteiger partial charge in [-0.1, -0.05) is 6.42 Å². The molecular weight excluding hydrogens is 368 g/mol. The molecule has 8 heteroatoms. The van der Waals surface area contributed by atoms with Gasteiger partial charge in [-0.3, -0.25) is 20.9 Å². The number of piperidine rings is 1. The van der Waals surface area contributed by atoms with Crippen LogP contribution in [0, 0.1) is 5.92 Å². The van der Waals surface area contributed by atoms with Gasteiger partial charge in [0.05, 0.1) is 18.9 Å². The van der Waals surface area contributed by atoms with Crippen molar-refractivity contribution in [3.05, 3.63) is 0 Å². The molecule has 0 radical (unpaired) electrons. The van der Waals surface area contributed by atoms with Gasteiger partial charge in [0.1, 0.15) is 12.5 Å². The number of ether oxygens (including phenoxy) is 2. The maximum atomic E-state index is 6.44. The van der Waals surface area contributed by atoms with Crippen LogP contribution in [-0.2, 0) is 9.47 Å². The first-order valence-electron chi connectivity index (χ1n) is 11.7. The van der Waals surface area contributed by atoms with Crippen LogP contribution in [-0.4, -0.2) is 101 Å². The summed E-state index contributed by atoms with van der Waals surface area (Å²) in [5.74, 6) is 0.670. The highest BCUT2D eigenvalue weighted by atomic mass is 16.5. The van der Waals surface area contributed by atoms with Gasteiger partial charge >= 0.3 is 0 Å². The van der Waals surface area contributed by atoms with Crippen molar-refractivity contribution in [3.63, 3.8) is 0 Å². The van der Waals surface area contributed by atoms with E-state index in [2.05, 4.69) is 38.1 Å². The van der Waals surface area contributed by atoms with Gasteiger partial charge in [-0.15, -0.1) is 0 Å². The van der Waals surface area contributed by atoms with E-state index in [0.29, 0.717) is 18.1 Å². The van der Waals surface area contributed by atoms with Gasteiger partial charge in [-0.2, -0.15) is 0 Å². The number of hydrogen-bond acceptors (Lipinski definition) is 8. The van der Waals surface area contributed by atoms with Crippen molar-refractivity contribution >= 4 is 0 Å². The largest absolute Gasteiger partial charge is 0.374 e. The lowest BCUT2D eigenvalue weighted by atomic mass is 9.92. The molecule has 3 saturated heterocycles. The molecule has 3 aliphatic heterocycles. The highest BCUT2D eigenvalue weighted by Gasteiger charge is 2.36. The summed E-state index contributed by atoms with van der Waals surface area (Å²) < 4.78 is 12.1. The van der Waals surface area contributed by atoms with Crippen LogP contribution < -0.4 is 21.3 Å². The molecule has 1 aliphatic carbocycles. The van der Waals surface area contributed by atoms with E-state index < -0.39 is 0 Å². The van der Waals surface area contributed by atoms with E-state index in [9.17, 15) is 0 Å². The zero-order chi connectivity index (χ0) is 20.2. The van der Waals surface area contributed by atoms with Crippen LogP contribution in [0.15, 0.2) is 0 Å². The van der Waals surface area contributed by atoms with E-state index in [1.165, 1.54) is 38.8 Å². The number of nitrogens with one attached hydrogen (secondary N) is 4. The first-order chi connectivity index (χ1) is 14.2. The Morgan fingerprint density at radius 1 is 1.14 bits per heavy atom. The molecule has 4 rings (SSSR count). The molecule has 0 aromatic heterocycles. The predicted octanol–water partition coefficient (Wildman–Crippen LogP) is -0.0758. The zero-order valence-electron chi connectivity index (χ0n) is 18.5. The summed E-state index contributed by atoms with van der Waals surface area (Å²) in [6.45, 7) is 5.30.